The Morgan fingerprint density at radius 2 is 1.75 bits per heavy atom. The van der Waals surface area contributed by atoms with Crippen LogP contribution in [-0.2, 0) is 6.54 Å². The molecular weight excluding hydrogens is 308 g/mol. The molecule has 3 aromatic rings. The van der Waals surface area contributed by atoms with Crippen LogP contribution in [0.1, 0.15) is 29.0 Å². The van der Waals surface area contributed by atoms with E-state index in [0.29, 0.717) is 23.3 Å². The first kappa shape index (κ1) is 15.7. The van der Waals surface area contributed by atoms with Crippen molar-refractivity contribution < 1.29 is 14.3 Å². The van der Waals surface area contributed by atoms with Crippen LogP contribution in [0.5, 0.6) is 5.75 Å². The molecule has 0 N–H and O–H groups in total. The third kappa shape index (κ3) is 2.62. The molecule has 24 heavy (non-hydrogen) atoms. The van der Waals surface area contributed by atoms with E-state index in [4.69, 9.17) is 4.74 Å². The normalized spacial score (nSPS) is 10.8. The molecule has 0 spiro atoms. The van der Waals surface area contributed by atoms with E-state index in [1.165, 1.54) is 17.6 Å². The summed E-state index contributed by atoms with van der Waals surface area (Å²) in [7, 11) is 0. The van der Waals surface area contributed by atoms with Crippen molar-refractivity contribution in [3.63, 3.8) is 0 Å². The van der Waals surface area contributed by atoms with E-state index in [1.54, 1.807) is 36.4 Å². The van der Waals surface area contributed by atoms with Gasteiger partial charge in [-0.1, -0.05) is 18.2 Å². The van der Waals surface area contributed by atoms with Gasteiger partial charge in [0.05, 0.1) is 16.6 Å². The van der Waals surface area contributed by atoms with Gasteiger partial charge >= 0.3 is 11.7 Å². The van der Waals surface area contributed by atoms with Gasteiger partial charge in [-0.25, -0.2) is 14.2 Å². The van der Waals surface area contributed by atoms with Crippen molar-refractivity contribution in [2.24, 2.45) is 0 Å². The zero-order chi connectivity index (χ0) is 17.3. The van der Waals surface area contributed by atoms with Gasteiger partial charge in [-0.05, 0) is 37.3 Å². The zero-order valence-corrected chi connectivity index (χ0v) is 13.4. The number of para-hydroxylation sites is 1. The fraction of sp³-hybridized carbons (Fsp3) is 0.167. The number of fused-ring (bicyclic) bond motifs is 1. The van der Waals surface area contributed by atoms with E-state index in [1.807, 2.05) is 13.0 Å². The van der Waals surface area contributed by atoms with Crippen LogP contribution in [0.25, 0.3) is 11.0 Å². The quantitative estimate of drug-likeness (QED) is 0.548. The van der Waals surface area contributed by atoms with Gasteiger partial charge < -0.3 is 4.74 Å². The number of imidazole rings is 1. The topological polar surface area (TPSA) is 70.3 Å². The minimum Gasteiger partial charge on any atom is -0.423 e. The number of rotatable bonds is 3. The van der Waals surface area contributed by atoms with Crippen molar-refractivity contribution in [1.82, 2.24) is 9.13 Å². The lowest BCUT2D eigenvalue weighted by molar-refractivity contribution is 0.0734. The van der Waals surface area contributed by atoms with Gasteiger partial charge in [0.15, 0.2) is 0 Å². The van der Waals surface area contributed by atoms with Crippen molar-refractivity contribution in [3.05, 3.63) is 64.6 Å². The molecule has 6 heteroatoms. The van der Waals surface area contributed by atoms with Crippen molar-refractivity contribution in [2.45, 2.75) is 20.4 Å². The number of esters is 1. The lowest BCUT2D eigenvalue weighted by atomic mass is 10.2. The Labute approximate surface area is 137 Å². The van der Waals surface area contributed by atoms with Gasteiger partial charge in [0.2, 0.25) is 5.91 Å². The first-order valence-corrected chi connectivity index (χ1v) is 7.56. The molecule has 1 heterocycles. The Bertz CT molecular complexity index is 983. The Balaban J connectivity index is 2.08. The molecule has 0 saturated carbocycles. The molecule has 122 valence electrons. The van der Waals surface area contributed by atoms with E-state index >= 15 is 0 Å². The fourth-order valence-electron chi connectivity index (χ4n) is 2.65. The number of hydrogen-bond acceptors (Lipinski definition) is 4. The van der Waals surface area contributed by atoms with Gasteiger partial charge in [-0.15, -0.1) is 0 Å². The predicted molar refractivity (Wildman–Crippen MR) is 89.6 cm³/mol. The van der Waals surface area contributed by atoms with Crippen LogP contribution in [0.2, 0.25) is 0 Å². The molecule has 0 radical (unpaired) electrons. The molecule has 6 nitrogen and oxygen atoms in total. The standard InChI is InChI=1S/C18H16N2O4/c1-3-19-15-10-9-13(11-16(15)20(12(2)21)18(19)23)17(22)24-14-7-5-4-6-8-14/h4-11H,3H2,1-2H3. The Kier molecular flexibility index (Phi) is 4.04. The van der Waals surface area contributed by atoms with Gasteiger partial charge in [-0.3, -0.25) is 9.36 Å². The summed E-state index contributed by atoms with van der Waals surface area (Å²) in [5.74, 6) is -0.515. The highest BCUT2D eigenvalue weighted by molar-refractivity contribution is 5.97. The van der Waals surface area contributed by atoms with Crippen LogP contribution in [-0.4, -0.2) is 21.0 Å². The number of aryl methyl sites for hydroxylation is 1. The van der Waals surface area contributed by atoms with Crippen LogP contribution < -0.4 is 10.4 Å². The molecule has 1 aromatic heterocycles. The number of hydrogen-bond donors (Lipinski definition) is 0. The predicted octanol–water partition coefficient (Wildman–Crippen LogP) is 2.70. The maximum atomic E-state index is 12.3. The van der Waals surface area contributed by atoms with Gasteiger partial charge in [0.25, 0.3) is 0 Å². The molecule has 0 aliphatic rings. The second-order valence-electron chi connectivity index (χ2n) is 5.29. The summed E-state index contributed by atoms with van der Waals surface area (Å²) in [6.45, 7) is 3.57. The minimum absolute atomic E-state index is 0.273. The van der Waals surface area contributed by atoms with E-state index in [2.05, 4.69) is 0 Å². The van der Waals surface area contributed by atoms with Gasteiger partial charge in [-0.2, -0.15) is 0 Å². The maximum absolute atomic E-state index is 12.3. The number of carbonyl (C=O) groups is 2. The number of benzene rings is 2. The van der Waals surface area contributed by atoms with Crippen LogP contribution in [0.3, 0.4) is 0 Å². The van der Waals surface area contributed by atoms with Crippen LogP contribution in [0.15, 0.2) is 53.3 Å². The lowest BCUT2D eigenvalue weighted by Gasteiger charge is -2.05. The summed E-state index contributed by atoms with van der Waals surface area (Å²) in [5.41, 5.74) is 0.869. The summed E-state index contributed by atoms with van der Waals surface area (Å²) in [4.78, 5) is 36.4. The number of carbonyl (C=O) groups excluding carboxylic acids is 2. The number of nitrogens with zero attached hydrogens (tertiary/aromatic N) is 2. The summed E-state index contributed by atoms with van der Waals surface area (Å²) < 4.78 is 7.85. The van der Waals surface area contributed by atoms with E-state index in [-0.39, 0.29) is 5.56 Å². The number of ether oxygens (including phenoxy) is 1. The molecule has 0 bridgehead atoms. The molecule has 3 rings (SSSR count). The van der Waals surface area contributed by atoms with Gasteiger partial charge in [0, 0.05) is 13.5 Å². The third-order valence-corrected chi connectivity index (χ3v) is 3.75. The molecule has 0 amide bonds. The summed E-state index contributed by atoms with van der Waals surface area (Å²) in [6, 6.07) is 13.5. The van der Waals surface area contributed by atoms with E-state index in [0.717, 1.165) is 4.57 Å². The smallest absolute Gasteiger partial charge is 0.343 e. The Hall–Kier alpha value is -3.15. The largest absolute Gasteiger partial charge is 0.423 e. The van der Waals surface area contributed by atoms with Crippen LogP contribution >= 0.6 is 0 Å². The number of aromatic nitrogens is 2. The van der Waals surface area contributed by atoms with Crippen LogP contribution in [0.4, 0.5) is 0 Å². The van der Waals surface area contributed by atoms with Crippen LogP contribution in [0, 0.1) is 0 Å². The Morgan fingerprint density at radius 3 is 2.38 bits per heavy atom. The zero-order valence-electron chi connectivity index (χ0n) is 13.4. The molecule has 0 aliphatic heterocycles. The molecular formula is C18H16N2O4. The maximum Gasteiger partial charge on any atom is 0.343 e. The summed E-state index contributed by atoms with van der Waals surface area (Å²) in [6.07, 6.45) is 0. The fourth-order valence-corrected chi connectivity index (χ4v) is 2.65. The third-order valence-electron chi connectivity index (χ3n) is 3.75. The highest BCUT2D eigenvalue weighted by Crippen LogP contribution is 2.18. The summed E-state index contributed by atoms with van der Waals surface area (Å²) >= 11 is 0. The lowest BCUT2D eigenvalue weighted by Crippen LogP contribution is -2.27. The first-order valence-electron chi connectivity index (χ1n) is 7.56. The summed E-state index contributed by atoms with van der Waals surface area (Å²) in [5, 5.41) is 0. The highest BCUT2D eigenvalue weighted by Gasteiger charge is 2.18. The monoisotopic (exact) mass is 324 g/mol. The minimum atomic E-state index is -0.546. The SMILES string of the molecule is CCn1c(=O)n(C(C)=O)c2cc(C(=O)Oc3ccccc3)ccc21. The van der Waals surface area contributed by atoms with Crippen molar-refractivity contribution in [2.75, 3.05) is 0 Å². The molecule has 0 aliphatic carbocycles. The van der Waals surface area contributed by atoms with E-state index < -0.39 is 17.6 Å². The first-order chi connectivity index (χ1) is 11.5. The average molecular weight is 324 g/mol. The molecule has 0 saturated heterocycles. The molecule has 0 fully saturated rings. The van der Waals surface area contributed by atoms with Crippen molar-refractivity contribution in [1.29, 1.82) is 0 Å². The molecule has 0 atom stereocenters. The molecule has 0 unspecified atom stereocenters. The highest BCUT2D eigenvalue weighted by atomic mass is 16.5. The Morgan fingerprint density at radius 1 is 1.04 bits per heavy atom. The second kappa shape index (κ2) is 6.16. The van der Waals surface area contributed by atoms with E-state index in [9.17, 15) is 14.4 Å². The van der Waals surface area contributed by atoms with Crippen molar-refractivity contribution in [3.8, 4) is 5.75 Å². The average Bonchev–Trinajstić information content (AvgIpc) is 2.86. The van der Waals surface area contributed by atoms with Crippen molar-refractivity contribution >= 4 is 22.9 Å². The second-order valence-corrected chi connectivity index (χ2v) is 5.29. The molecule has 2 aromatic carbocycles. The van der Waals surface area contributed by atoms with Gasteiger partial charge in [0.1, 0.15) is 5.75 Å².